The Morgan fingerprint density at radius 1 is 1.47 bits per heavy atom. The van der Waals surface area contributed by atoms with Crippen molar-refractivity contribution in [3.63, 3.8) is 0 Å². The molecule has 0 aliphatic carbocycles. The Bertz CT molecular complexity index is 198. The summed E-state index contributed by atoms with van der Waals surface area (Å²) in [5.74, 6) is -0.338. The van der Waals surface area contributed by atoms with Crippen LogP contribution in [0.15, 0.2) is 0 Å². The van der Waals surface area contributed by atoms with Crippen LogP contribution in [0.4, 0.5) is 0 Å². The Morgan fingerprint density at radius 2 is 2.07 bits per heavy atom. The maximum atomic E-state index is 11.4. The van der Waals surface area contributed by atoms with Gasteiger partial charge >= 0.3 is 5.97 Å². The lowest BCUT2D eigenvalue weighted by molar-refractivity contribution is -0.151. The second-order valence-corrected chi connectivity index (χ2v) is 3.65. The van der Waals surface area contributed by atoms with Crippen LogP contribution in [0.25, 0.3) is 0 Å². The van der Waals surface area contributed by atoms with Crippen molar-refractivity contribution in [2.45, 2.75) is 25.5 Å². The molecule has 0 fully saturated rings. The largest absolute Gasteiger partial charge is 0.468 e. The zero-order chi connectivity index (χ0) is 11.9. The summed E-state index contributed by atoms with van der Waals surface area (Å²) < 4.78 is 15.1. The van der Waals surface area contributed by atoms with E-state index in [1.54, 1.807) is 21.1 Å². The van der Waals surface area contributed by atoms with E-state index in [0.717, 1.165) is 0 Å². The molecule has 0 bridgehead atoms. The predicted molar refractivity (Wildman–Crippen MR) is 56.8 cm³/mol. The van der Waals surface area contributed by atoms with Crippen molar-refractivity contribution in [3.8, 4) is 0 Å². The number of nitrogens with one attached hydrogen (secondary N) is 1. The van der Waals surface area contributed by atoms with Crippen LogP contribution in [0.1, 0.15) is 13.8 Å². The molecule has 0 aromatic carbocycles. The fourth-order valence-electron chi connectivity index (χ4n) is 1.05. The van der Waals surface area contributed by atoms with Gasteiger partial charge in [0.15, 0.2) is 0 Å². The van der Waals surface area contributed by atoms with Gasteiger partial charge in [-0.3, -0.25) is 0 Å². The summed E-state index contributed by atoms with van der Waals surface area (Å²) in [4.78, 5) is 11.4. The maximum absolute atomic E-state index is 11.4. The molecule has 0 aromatic rings. The Hall–Kier alpha value is -0.650. The van der Waals surface area contributed by atoms with Crippen molar-refractivity contribution in [1.29, 1.82) is 0 Å². The van der Waals surface area contributed by atoms with E-state index in [4.69, 9.17) is 9.47 Å². The third kappa shape index (κ3) is 4.59. The predicted octanol–water partition coefficient (Wildman–Crippen LogP) is 0.189. The van der Waals surface area contributed by atoms with Gasteiger partial charge in [-0.05, 0) is 20.9 Å². The average Bonchev–Trinajstić information content (AvgIpc) is 2.25. The molecule has 0 rings (SSSR count). The van der Waals surface area contributed by atoms with Gasteiger partial charge in [0.1, 0.15) is 5.54 Å². The van der Waals surface area contributed by atoms with Crippen molar-refractivity contribution in [1.82, 2.24) is 5.32 Å². The van der Waals surface area contributed by atoms with Crippen LogP contribution in [0.2, 0.25) is 0 Å². The van der Waals surface area contributed by atoms with Gasteiger partial charge in [-0.2, -0.15) is 0 Å². The van der Waals surface area contributed by atoms with E-state index in [-0.39, 0.29) is 18.7 Å². The van der Waals surface area contributed by atoms with Crippen molar-refractivity contribution in [2.75, 3.05) is 34.5 Å². The molecule has 2 unspecified atom stereocenters. The monoisotopic (exact) mass is 219 g/mol. The Kier molecular flexibility index (Phi) is 6.47. The quantitative estimate of drug-likeness (QED) is 0.619. The molecule has 0 aliphatic rings. The van der Waals surface area contributed by atoms with Gasteiger partial charge in [-0.15, -0.1) is 0 Å². The molecule has 0 spiro atoms. The third-order valence-corrected chi connectivity index (χ3v) is 2.25. The van der Waals surface area contributed by atoms with Crippen molar-refractivity contribution in [2.24, 2.45) is 0 Å². The number of rotatable bonds is 7. The molecule has 0 saturated heterocycles. The van der Waals surface area contributed by atoms with Gasteiger partial charge in [0.2, 0.25) is 0 Å². The van der Waals surface area contributed by atoms with Crippen molar-refractivity contribution < 1.29 is 19.0 Å². The number of hydrogen-bond donors (Lipinski definition) is 1. The fourth-order valence-corrected chi connectivity index (χ4v) is 1.05. The van der Waals surface area contributed by atoms with E-state index in [2.05, 4.69) is 10.1 Å². The van der Waals surface area contributed by atoms with E-state index in [1.807, 2.05) is 6.92 Å². The third-order valence-electron chi connectivity index (χ3n) is 2.25. The summed E-state index contributed by atoms with van der Waals surface area (Å²) in [5.41, 5.74) is -0.809. The van der Waals surface area contributed by atoms with E-state index in [1.165, 1.54) is 7.11 Å². The minimum absolute atomic E-state index is 0.0488. The zero-order valence-corrected chi connectivity index (χ0v) is 10.1. The summed E-state index contributed by atoms with van der Waals surface area (Å²) >= 11 is 0. The van der Waals surface area contributed by atoms with Gasteiger partial charge in [0.25, 0.3) is 0 Å². The van der Waals surface area contributed by atoms with E-state index < -0.39 is 5.54 Å². The molecule has 0 amide bonds. The number of methoxy groups -OCH3 is 2. The van der Waals surface area contributed by atoms with E-state index >= 15 is 0 Å². The van der Waals surface area contributed by atoms with E-state index in [0.29, 0.717) is 6.61 Å². The molecule has 90 valence electrons. The SMILES string of the molecule is CNC(C)(COC(C)COC)C(=O)OC. The number of carbonyl (C=O) groups excluding carboxylic acids is 1. The lowest BCUT2D eigenvalue weighted by Crippen LogP contribution is -2.52. The standard InChI is InChI=1S/C10H21NO4/c1-8(6-13-4)15-7-10(2,11-3)9(12)14-5/h8,11H,6-7H2,1-5H3. The Morgan fingerprint density at radius 3 is 2.47 bits per heavy atom. The molecule has 5 nitrogen and oxygen atoms in total. The van der Waals surface area contributed by atoms with Crippen LogP contribution in [-0.4, -0.2) is 52.1 Å². The highest BCUT2D eigenvalue weighted by molar-refractivity contribution is 5.80. The topological polar surface area (TPSA) is 56.8 Å². The molecule has 5 heteroatoms. The second kappa shape index (κ2) is 6.76. The molecule has 0 aliphatic heterocycles. The van der Waals surface area contributed by atoms with Crippen LogP contribution in [0.3, 0.4) is 0 Å². The Balaban J connectivity index is 4.14. The summed E-state index contributed by atoms with van der Waals surface area (Å²) in [6.07, 6.45) is -0.0488. The summed E-state index contributed by atoms with van der Waals surface area (Å²) in [5, 5.41) is 2.89. The second-order valence-electron chi connectivity index (χ2n) is 3.65. The lowest BCUT2D eigenvalue weighted by atomic mass is 10.1. The average molecular weight is 219 g/mol. The first-order valence-corrected chi connectivity index (χ1v) is 4.88. The number of carbonyl (C=O) groups is 1. The van der Waals surface area contributed by atoms with Crippen LogP contribution < -0.4 is 5.32 Å². The number of esters is 1. The van der Waals surface area contributed by atoms with E-state index in [9.17, 15) is 4.79 Å². The first-order valence-electron chi connectivity index (χ1n) is 4.88. The number of hydrogen-bond acceptors (Lipinski definition) is 5. The molecule has 0 aromatic heterocycles. The first kappa shape index (κ1) is 14.3. The van der Waals surface area contributed by atoms with Crippen molar-refractivity contribution >= 4 is 5.97 Å². The number of likely N-dealkylation sites (N-methyl/N-ethyl adjacent to an activating group) is 1. The minimum atomic E-state index is -0.809. The lowest BCUT2D eigenvalue weighted by Gasteiger charge is -2.27. The summed E-state index contributed by atoms with van der Waals surface area (Å²) in [7, 11) is 4.66. The van der Waals surface area contributed by atoms with Gasteiger partial charge in [0, 0.05) is 7.11 Å². The molecule has 1 N–H and O–H groups in total. The molecule has 0 saturated carbocycles. The van der Waals surface area contributed by atoms with Gasteiger partial charge in [-0.25, -0.2) is 4.79 Å². The fraction of sp³-hybridized carbons (Fsp3) is 0.900. The highest BCUT2D eigenvalue weighted by Gasteiger charge is 2.33. The molecule has 0 radical (unpaired) electrons. The van der Waals surface area contributed by atoms with Gasteiger partial charge < -0.3 is 19.5 Å². The molecule has 2 atom stereocenters. The van der Waals surface area contributed by atoms with Gasteiger partial charge in [0.05, 0.1) is 26.4 Å². The molecule has 0 heterocycles. The van der Waals surface area contributed by atoms with Crippen molar-refractivity contribution in [3.05, 3.63) is 0 Å². The molecule has 15 heavy (non-hydrogen) atoms. The first-order chi connectivity index (χ1) is 7.00. The minimum Gasteiger partial charge on any atom is -0.468 e. The normalized spacial score (nSPS) is 16.9. The zero-order valence-electron chi connectivity index (χ0n) is 10.1. The molecular formula is C10H21NO4. The Labute approximate surface area is 91.1 Å². The van der Waals surface area contributed by atoms with Crippen LogP contribution in [0.5, 0.6) is 0 Å². The number of ether oxygens (including phenoxy) is 3. The molecular weight excluding hydrogens is 198 g/mol. The van der Waals surface area contributed by atoms with Gasteiger partial charge in [-0.1, -0.05) is 0 Å². The maximum Gasteiger partial charge on any atom is 0.328 e. The summed E-state index contributed by atoms with van der Waals surface area (Å²) in [6, 6.07) is 0. The van der Waals surface area contributed by atoms with Crippen LogP contribution >= 0.6 is 0 Å². The van der Waals surface area contributed by atoms with Crippen LogP contribution in [0, 0.1) is 0 Å². The summed E-state index contributed by atoms with van der Waals surface area (Å²) in [6.45, 7) is 4.37. The smallest absolute Gasteiger partial charge is 0.328 e. The van der Waals surface area contributed by atoms with Crippen LogP contribution in [-0.2, 0) is 19.0 Å². The highest BCUT2D eigenvalue weighted by atomic mass is 16.5. The highest BCUT2D eigenvalue weighted by Crippen LogP contribution is 2.08.